The monoisotopic (exact) mass is 288 g/mol. The average molecular weight is 288 g/mol. The SMILES string of the molecule is CC#C[C@H](CC(=O)O)c1ccc(OC[C@@H](C)C(C)C)cc1. The molecule has 3 heteroatoms. The van der Waals surface area contributed by atoms with Crippen molar-refractivity contribution in [2.75, 3.05) is 6.61 Å². The highest BCUT2D eigenvalue weighted by atomic mass is 16.5. The molecule has 0 radical (unpaired) electrons. The van der Waals surface area contributed by atoms with Crippen molar-refractivity contribution in [3.05, 3.63) is 29.8 Å². The van der Waals surface area contributed by atoms with Crippen LogP contribution in [-0.4, -0.2) is 17.7 Å². The Bertz CT molecular complexity index is 506. The maximum atomic E-state index is 10.9. The third-order valence-corrected chi connectivity index (χ3v) is 3.63. The molecule has 2 atom stereocenters. The van der Waals surface area contributed by atoms with Gasteiger partial charge in [0.05, 0.1) is 18.9 Å². The van der Waals surface area contributed by atoms with Crippen molar-refractivity contribution < 1.29 is 14.6 Å². The quantitative estimate of drug-likeness (QED) is 0.773. The van der Waals surface area contributed by atoms with E-state index in [-0.39, 0.29) is 12.3 Å². The first kappa shape index (κ1) is 17.1. The average Bonchev–Trinajstić information content (AvgIpc) is 2.44. The van der Waals surface area contributed by atoms with Crippen LogP contribution in [0.3, 0.4) is 0 Å². The Labute approximate surface area is 127 Å². The van der Waals surface area contributed by atoms with Crippen LogP contribution < -0.4 is 4.74 Å². The van der Waals surface area contributed by atoms with E-state index in [0.717, 1.165) is 11.3 Å². The number of carboxylic acid groups (broad SMARTS) is 1. The molecule has 0 aliphatic carbocycles. The molecule has 1 rings (SSSR count). The summed E-state index contributed by atoms with van der Waals surface area (Å²) in [5.74, 6) is 6.52. The molecule has 0 saturated carbocycles. The minimum atomic E-state index is -0.839. The van der Waals surface area contributed by atoms with Gasteiger partial charge in [-0.25, -0.2) is 0 Å². The van der Waals surface area contributed by atoms with Crippen LogP contribution in [0.15, 0.2) is 24.3 Å². The van der Waals surface area contributed by atoms with Crippen molar-refractivity contribution >= 4 is 5.97 Å². The highest BCUT2D eigenvalue weighted by Crippen LogP contribution is 2.23. The zero-order valence-corrected chi connectivity index (χ0v) is 13.2. The van der Waals surface area contributed by atoms with Gasteiger partial charge in [0, 0.05) is 0 Å². The summed E-state index contributed by atoms with van der Waals surface area (Å²) in [6, 6.07) is 7.56. The normalized spacial score (nSPS) is 13.2. The molecule has 114 valence electrons. The molecular weight excluding hydrogens is 264 g/mol. The van der Waals surface area contributed by atoms with E-state index >= 15 is 0 Å². The van der Waals surface area contributed by atoms with E-state index in [1.165, 1.54) is 0 Å². The molecular formula is C18H24O3. The molecule has 0 spiro atoms. The molecule has 0 fully saturated rings. The molecule has 0 aliphatic heterocycles. The number of benzene rings is 1. The summed E-state index contributed by atoms with van der Waals surface area (Å²) in [6.45, 7) is 8.93. The molecule has 0 heterocycles. The summed E-state index contributed by atoms with van der Waals surface area (Å²) in [7, 11) is 0. The summed E-state index contributed by atoms with van der Waals surface area (Å²) in [5, 5.41) is 8.93. The van der Waals surface area contributed by atoms with Crippen molar-refractivity contribution in [3.63, 3.8) is 0 Å². The largest absolute Gasteiger partial charge is 0.493 e. The van der Waals surface area contributed by atoms with Gasteiger partial charge in [0.15, 0.2) is 0 Å². The number of carbonyl (C=O) groups is 1. The van der Waals surface area contributed by atoms with Gasteiger partial charge in [0.2, 0.25) is 0 Å². The van der Waals surface area contributed by atoms with E-state index in [9.17, 15) is 4.79 Å². The lowest BCUT2D eigenvalue weighted by Gasteiger charge is -2.16. The summed E-state index contributed by atoms with van der Waals surface area (Å²) >= 11 is 0. The number of aliphatic carboxylic acids is 1. The van der Waals surface area contributed by atoms with Crippen LogP contribution in [0.4, 0.5) is 0 Å². The fraction of sp³-hybridized carbons (Fsp3) is 0.500. The molecule has 1 aromatic rings. The fourth-order valence-corrected chi connectivity index (χ4v) is 1.82. The Morgan fingerprint density at radius 3 is 2.33 bits per heavy atom. The Hall–Kier alpha value is -1.95. The zero-order chi connectivity index (χ0) is 15.8. The van der Waals surface area contributed by atoms with Gasteiger partial charge < -0.3 is 9.84 Å². The Morgan fingerprint density at radius 1 is 1.24 bits per heavy atom. The van der Waals surface area contributed by atoms with E-state index in [2.05, 4.69) is 32.6 Å². The summed E-state index contributed by atoms with van der Waals surface area (Å²) in [4.78, 5) is 10.9. The first-order valence-corrected chi connectivity index (χ1v) is 7.30. The number of carboxylic acids is 1. The molecule has 0 aliphatic rings. The van der Waals surface area contributed by atoms with Gasteiger partial charge in [-0.2, -0.15) is 0 Å². The summed E-state index contributed by atoms with van der Waals surface area (Å²) in [5.41, 5.74) is 0.913. The smallest absolute Gasteiger partial charge is 0.304 e. The molecule has 0 bridgehead atoms. The van der Waals surface area contributed by atoms with Crippen molar-refractivity contribution in [1.82, 2.24) is 0 Å². The van der Waals surface area contributed by atoms with Gasteiger partial charge in [-0.15, -0.1) is 5.92 Å². The number of hydrogen-bond donors (Lipinski definition) is 1. The maximum absolute atomic E-state index is 10.9. The standard InChI is InChI=1S/C18H24O3/c1-5-6-16(11-18(19)20)15-7-9-17(10-8-15)21-12-14(4)13(2)3/h7-10,13-14,16H,11-12H2,1-4H3,(H,19,20)/t14-,16-/m1/s1. The van der Waals surface area contributed by atoms with E-state index in [4.69, 9.17) is 9.84 Å². The second kappa shape index (κ2) is 8.36. The summed E-state index contributed by atoms with van der Waals surface area (Å²) in [6.07, 6.45) is 0.0193. The predicted molar refractivity (Wildman–Crippen MR) is 84.4 cm³/mol. The highest BCUT2D eigenvalue weighted by Gasteiger charge is 2.13. The lowest BCUT2D eigenvalue weighted by molar-refractivity contribution is -0.137. The van der Waals surface area contributed by atoms with Crippen LogP contribution >= 0.6 is 0 Å². The van der Waals surface area contributed by atoms with E-state index in [0.29, 0.717) is 18.4 Å². The topological polar surface area (TPSA) is 46.5 Å². The second-order valence-corrected chi connectivity index (χ2v) is 5.65. The van der Waals surface area contributed by atoms with Crippen LogP contribution in [0.1, 0.15) is 45.6 Å². The number of ether oxygens (including phenoxy) is 1. The van der Waals surface area contributed by atoms with Crippen LogP contribution in [0.5, 0.6) is 5.75 Å². The molecule has 0 saturated heterocycles. The van der Waals surface area contributed by atoms with Gasteiger partial charge in [-0.05, 0) is 36.5 Å². The molecule has 21 heavy (non-hydrogen) atoms. The second-order valence-electron chi connectivity index (χ2n) is 5.65. The molecule has 1 aromatic carbocycles. The first-order chi connectivity index (χ1) is 9.93. The summed E-state index contributed by atoms with van der Waals surface area (Å²) < 4.78 is 5.75. The van der Waals surface area contributed by atoms with E-state index in [1.807, 2.05) is 24.3 Å². The van der Waals surface area contributed by atoms with Gasteiger partial charge in [-0.1, -0.05) is 38.8 Å². The van der Waals surface area contributed by atoms with Gasteiger partial charge in [0.25, 0.3) is 0 Å². The molecule has 3 nitrogen and oxygen atoms in total. The van der Waals surface area contributed by atoms with Gasteiger partial charge >= 0.3 is 5.97 Å². The van der Waals surface area contributed by atoms with Crippen molar-refractivity contribution in [3.8, 4) is 17.6 Å². The Morgan fingerprint density at radius 2 is 1.86 bits per heavy atom. The lowest BCUT2D eigenvalue weighted by Crippen LogP contribution is -2.14. The number of rotatable bonds is 7. The third-order valence-electron chi connectivity index (χ3n) is 3.63. The molecule has 0 amide bonds. The van der Waals surface area contributed by atoms with Crippen molar-refractivity contribution in [2.45, 2.75) is 40.0 Å². The van der Waals surface area contributed by atoms with Crippen LogP contribution in [-0.2, 0) is 4.79 Å². The first-order valence-electron chi connectivity index (χ1n) is 7.30. The van der Waals surface area contributed by atoms with E-state index < -0.39 is 5.97 Å². The van der Waals surface area contributed by atoms with Crippen LogP contribution in [0, 0.1) is 23.7 Å². The third kappa shape index (κ3) is 5.91. The number of hydrogen-bond acceptors (Lipinski definition) is 2. The van der Waals surface area contributed by atoms with E-state index in [1.54, 1.807) is 6.92 Å². The molecule has 0 unspecified atom stereocenters. The fourth-order valence-electron chi connectivity index (χ4n) is 1.82. The molecule has 0 aromatic heterocycles. The van der Waals surface area contributed by atoms with Gasteiger partial charge in [-0.3, -0.25) is 4.79 Å². The lowest BCUT2D eigenvalue weighted by atomic mass is 9.96. The minimum Gasteiger partial charge on any atom is -0.493 e. The highest BCUT2D eigenvalue weighted by molar-refractivity contribution is 5.69. The Kier molecular flexibility index (Phi) is 6.81. The maximum Gasteiger partial charge on any atom is 0.304 e. The van der Waals surface area contributed by atoms with Crippen LogP contribution in [0.25, 0.3) is 0 Å². The zero-order valence-electron chi connectivity index (χ0n) is 13.2. The Balaban J connectivity index is 2.71. The minimum absolute atomic E-state index is 0.0193. The van der Waals surface area contributed by atoms with Gasteiger partial charge in [0.1, 0.15) is 5.75 Å². The van der Waals surface area contributed by atoms with Crippen LogP contribution in [0.2, 0.25) is 0 Å². The van der Waals surface area contributed by atoms with Crippen molar-refractivity contribution in [2.24, 2.45) is 11.8 Å². The predicted octanol–water partition coefficient (Wildman–Crippen LogP) is 3.94. The molecule has 1 N–H and O–H groups in total. The van der Waals surface area contributed by atoms with Crippen molar-refractivity contribution in [1.29, 1.82) is 0 Å².